The summed E-state index contributed by atoms with van der Waals surface area (Å²) in [5, 5.41) is 6.56. The molecule has 0 saturated carbocycles. The number of carbonyl (C=O) groups excluding carboxylic acids is 1. The molecule has 0 bridgehead atoms. The molecule has 1 aliphatic heterocycles. The first-order valence-electron chi connectivity index (χ1n) is 9.37. The Balaban J connectivity index is 1.53. The third-order valence-electron chi connectivity index (χ3n) is 4.73. The van der Waals surface area contributed by atoms with Crippen LogP contribution in [0, 0.1) is 12.3 Å². The predicted molar refractivity (Wildman–Crippen MR) is 115 cm³/mol. The first-order chi connectivity index (χ1) is 14.1. The summed E-state index contributed by atoms with van der Waals surface area (Å²) in [6.45, 7) is 2.04. The number of ether oxygens (including phenoxy) is 2. The van der Waals surface area contributed by atoms with E-state index in [0.29, 0.717) is 23.9 Å². The van der Waals surface area contributed by atoms with Crippen LogP contribution in [-0.2, 0) is 6.54 Å². The minimum absolute atomic E-state index is 0.0339. The van der Waals surface area contributed by atoms with Crippen LogP contribution in [0.2, 0.25) is 5.02 Å². The minimum Gasteiger partial charge on any atom is -0.495 e. The first-order valence-corrected chi connectivity index (χ1v) is 9.75. The molecule has 0 spiro atoms. The largest absolute Gasteiger partial charge is 0.495 e. The van der Waals surface area contributed by atoms with Gasteiger partial charge in [-0.1, -0.05) is 35.7 Å². The molecule has 2 amide bonds. The fraction of sp³-hybridized carbons (Fsp3) is 0.318. The van der Waals surface area contributed by atoms with E-state index in [1.54, 1.807) is 13.2 Å². The van der Waals surface area contributed by atoms with Crippen molar-refractivity contribution in [3.63, 3.8) is 0 Å². The quantitative estimate of drug-likeness (QED) is 0.682. The molecule has 2 aromatic carbocycles. The standard InChI is InChI=1S/C22H24ClN3O3/c1-3-12-29-20-7-5-4-6-16(20)14-24-22(27)25-18-10-11-26(15-18)19-13-17(23)8-9-21(19)28-2/h1,4-9,13,18H,10-12,14-15H2,2H3,(H2,24,25,27)/t18-/m1/s1. The van der Waals surface area contributed by atoms with Crippen molar-refractivity contribution in [2.75, 3.05) is 31.7 Å². The second-order valence-corrected chi connectivity index (χ2v) is 7.11. The average Bonchev–Trinajstić information content (AvgIpc) is 3.19. The lowest BCUT2D eigenvalue weighted by Gasteiger charge is -2.22. The Kier molecular flexibility index (Phi) is 7.09. The Morgan fingerprint density at radius 3 is 2.93 bits per heavy atom. The molecule has 0 radical (unpaired) electrons. The summed E-state index contributed by atoms with van der Waals surface area (Å²) in [5.41, 5.74) is 1.80. The summed E-state index contributed by atoms with van der Waals surface area (Å²) in [7, 11) is 1.64. The van der Waals surface area contributed by atoms with Crippen molar-refractivity contribution in [3.8, 4) is 23.8 Å². The maximum atomic E-state index is 12.4. The number of para-hydroxylation sites is 1. The summed E-state index contributed by atoms with van der Waals surface area (Å²) in [6.07, 6.45) is 6.08. The molecule has 0 aliphatic carbocycles. The van der Waals surface area contributed by atoms with Crippen LogP contribution >= 0.6 is 11.6 Å². The second kappa shape index (κ2) is 9.94. The van der Waals surface area contributed by atoms with Crippen LogP contribution in [0.1, 0.15) is 12.0 Å². The summed E-state index contributed by atoms with van der Waals surface area (Å²) >= 11 is 6.13. The molecule has 1 aliphatic rings. The monoisotopic (exact) mass is 413 g/mol. The maximum absolute atomic E-state index is 12.4. The Bertz CT molecular complexity index is 897. The third-order valence-corrected chi connectivity index (χ3v) is 4.96. The van der Waals surface area contributed by atoms with Crippen LogP contribution in [0.4, 0.5) is 10.5 Å². The van der Waals surface area contributed by atoms with Crippen molar-refractivity contribution in [3.05, 3.63) is 53.1 Å². The highest BCUT2D eigenvalue weighted by molar-refractivity contribution is 6.30. The third kappa shape index (κ3) is 5.49. The van der Waals surface area contributed by atoms with Crippen molar-refractivity contribution in [1.82, 2.24) is 10.6 Å². The van der Waals surface area contributed by atoms with Gasteiger partial charge >= 0.3 is 6.03 Å². The smallest absolute Gasteiger partial charge is 0.315 e. The predicted octanol–water partition coefficient (Wildman–Crippen LogP) is 3.44. The number of halogens is 1. The van der Waals surface area contributed by atoms with E-state index in [1.165, 1.54) is 0 Å². The molecule has 6 nitrogen and oxygen atoms in total. The number of nitrogens with one attached hydrogen (secondary N) is 2. The van der Waals surface area contributed by atoms with Gasteiger partial charge in [0.1, 0.15) is 18.1 Å². The van der Waals surface area contributed by atoms with Crippen molar-refractivity contribution in [2.24, 2.45) is 0 Å². The van der Waals surface area contributed by atoms with Gasteiger partial charge in [-0.05, 0) is 30.7 Å². The Morgan fingerprint density at radius 2 is 2.14 bits per heavy atom. The molecule has 1 atom stereocenters. The zero-order chi connectivity index (χ0) is 20.6. The number of carbonyl (C=O) groups is 1. The van der Waals surface area contributed by atoms with Crippen LogP contribution < -0.4 is 25.0 Å². The van der Waals surface area contributed by atoms with E-state index < -0.39 is 0 Å². The normalized spacial score (nSPS) is 15.5. The lowest BCUT2D eigenvalue weighted by molar-refractivity contribution is 0.237. The van der Waals surface area contributed by atoms with Gasteiger partial charge in [0, 0.05) is 36.3 Å². The lowest BCUT2D eigenvalue weighted by atomic mass is 10.2. The molecule has 3 rings (SSSR count). The Hall–Kier alpha value is -3.04. The van der Waals surface area contributed by atoms with Crippen LogP contribution in [0.5, 0.6) is 11.5 Å². The topological polar surface area (TPSA) is 62.8 Å². The molecule has 1 heterocycles. The first kappa shape index (κ1) is 20.7. The number of amides is 2. The van der Waals surface area contributed by atoms with E-state index in [1.807, 2.05) is 36.4 Å². The van der Waals surface area contributed by atoms with Crippen molar-refractivity contribution in [2.45, 2.75) is 19.0 Å². The van der Waals surface area contributed by atoms with Crippen molar-refractivity contribution in [1.29, 1.82) is 0 Å². The number of benzene rings is 2. The maximum Gasteiger partial charge on any atom is 0.315 e. The highest BCUT2D eigenvalue weighted by atomic mass is 35.5. The van der Waals surface area contributed by atoms with Gasteiger partial charge in [0.25, 0.3) is 0 Å². The zero-order valence-corrected chi connectivity index (χ0v) is 17.0. The Labute approximate surface area is 176 Å². The molecule has 152 valence electrons. The number of hydrogen-bond donors (Lipinski definition) is 2. The number of terminal acetylenes is 1. The fourth-order valence-corrected chi connectivity index (χ4v) is 3.50. The SMILES string of the molecule is C#CCOc1ccccc1CNC(=O)N[C@@H]1CCN(c2cc(Cl)ccc2OC)C1. The Morgan fingerprint density at radius 1 is 1.31 bits per heavy atom. The van der Waals surface area contributed by atoms with Gasteiger partial charge in [0.2, 0.25) is 0 Å². The van der Waals surface area contributed by atoms with E-state index in [4.69, 9.17) is 27.5 Å². The minimum atomic E-state index is -0.221. The van der Waals surface area contributed by atoms with Gasteiger partial charge in [-0.25, -0.2) is 4.79 Å². The highest BCUT2D eigenvalue weighted by Gasteiger charge is 2.26. The molecule has 7 heteroatoms. The van der Waals surface area contributed by atoms with Crippen LogP contribution in [0.25, 0.3) is 0 Å². The molecular weight excluding hydrogens is 390 g/mol. The summed E-state index contributed by atoms with van der Waals surface area (Å²) < 4.78 is 10.9. The van der Waals surface area contributed by atoms with Crippen LogP contribution in [-0.4, -0.2) is 38.9 Å². The number of hydrogen-bond acceptors (Lipinski definition) is 4. The van der Waals surface area contributed by atoms with Crippen LogP contribution in [0.15, 0.2) is 42.5 Å². The van der Waals surface area contributed by atoms with Gasteiger partial charge in [-0.2, -0.15) is 0 Å². The summed E-state index contributed by atoms with van der Waals surface area (Å²) in [4.78, 5) is 14.5. The second-order valence-electron chi connectivity index (χ2n) is 6.68. The molecule has 1 fully saturated rings. The zero-order valence-electron chi connectivity index (χ0n) is 16.3. The van der Waals surface area contributed by atoms with E-state index in [0.717, 1.165) is 30.0 Å². The van der Waals surface area contributed by atoms with Gasteiger partial charge < -0.3 is 25.0 Å². The summed E-state index contributed by atoms with van der Waals surface area (Å²) in [6, 6.07) is 12.8. The van der Waals surface area contributed by atoms with E-state index in [-0.39, 0.29) is 18.7 Å². The fourth-order valence-electron chi connectivity index (χ4n) is 3.33. The number of urea groups is 1. The summed E-state index contributed by atoms with van der Waals surface area (Å²) in [5.74, 6) is 3.88. The molecule has 29 heavy (non-hydrogen) atoms. The van der Waals surface area contributed by atoms with E-state index in [9.17, 15) is 4.79 Å². The molecule has 0 aromatic heterocycles. The lowest BCUT2D eigenvalue weighted by Crippen LogP contribution is -2.43. The molecule has 2 N–H and O–H groups in total. The van der Waals surface area contributed by atoms with E-state index >= 15 is 0 Å². The number of nitrogens with zero attached hydrogens (tertiary/aromatic N) is 1. The van der Waals surface area contributed by atoms with Crippen LogP contribution in [0.3, 0.4) is 0 Å². The molecule has 1 saturated heterocycles. The average molecular weight is 414 g/mol. The number of anilines is 1. The van der Waals surface area contributed by atoms with Crippen molar-refractivity contribution >= 4 is 23.3 Å². The van der Waals surface area contributed by atoms with Gasteiger partial charge in [-0.3, -0.25) is 0 Å². The molecule has 2 aromatic rings. The highest BCUT2D eigenvalue weighted by Crippen LogP contribution is 2.33. The number of methoxy groups -OCH3 is 1. The van der Waals surface area contributed by atoms with Gasteiger partial charge in [0.15, 0.2) is 0 Å². The van der Waals surface area contributed by atoms with Gasteiger partial charge in [-0.15, -0.1) is 6.42 Å². The number of rotatable bonds is 7. The van der Waals surface area contributed by atoms with Crippen molar-refractivity contribution < 1.29 is 14.3 Å². The van der Waals surface area contributed by atoms with E-state index in [2.05, 4.69) is 21.5 Å². The van der Waals surface area contributed by atoms with Gasteiger partial charge in [0.05, 0.1) is 12.8 Å². The molecule has 0 unspecified atom stereocenters. The molecular formula is C22H24ClN3O3.